The van der Waals surface area contributed by atoms with Crippen LogP contribution in [0, 0.1) is 12.8 Å². The van der Waals surface area contributed by atoms with Crippen molar-refractivity contribution < 1.29 is 14.7 Å². The predicted octanol–water partition coefficient (Wildman–Crippen LogP) is 0.788. The van der Waals surface area contributed by atoms with E-state index in [2.05, 4.69) is 4.98 Å². The molecule has 2 atom stereocenters. The Bertz CT molecular complexity index is 530. The molecule has 2 unspecified atom stereocenters. The second-order valence-corrected chi connectivity index (χ2v) is 4.96. The summed E-state index contributed by atoms with van der Waals surface area (Å²) >= 11 is 0. The van der Waals surface area contributed by atoms with Crippen LogP contribution in [-0.2, 0) is 4.79 Å². The molecule has 0 aliphatic carbocycles. The molecule has 1 aliphatic heterocycles. The third-order valence-electron chi connectivity index (χ3n) is 3.47. The van der Waals surface area contributed by atoms with Gasteiger partial charge in [0.05, 0.1) is 0 Å². The standard InChI is InChI=1S/C13H17N3O3/c1-7-3-4-16(11(7)13(18)19)10-6-9(12(14)17)5-8(2)15-10/h5-7,11H,3-4H2,1-2H3,(H2,14,17)(H,18,19). The Morgan fingerprint density at radius 2 is 2.16 bits per heavy atom. The molecule has 1 amide bonds. The molecule has 1 aromatic heterocycles. The number of pyridine rings is 1. The molecule has 1 saturated heterocycles. The Balaban J connectivity index is 2.41. The van der Waals surface area contributed by atoms with Crippen LogP contribution in [0.3, 0.4) is 0 Å². The van der Waals surface area contributed by atoms with Gasteiger partial charge in [-0.15, -0.1) is 0 Å². The van der Waals surface area contributed by atoms with E-state index >= 15 is 0 Å². The Morgan fingerprint density at radius 3 is 2.74 bits per heavy atom. The number of aryl methyl sites for hydroxylation is 1. The van der Waals surface area contributed by atoms with Crippen LogP contribution in [0.4, 0.5) is 5.82 Å². The number of nitrogens with zero attached hydrogens (tertiary/aromatic N) is 2. The van der Waals surface area contributed by atoms with E-state index in [0.29, 0.717) is 23.6 Å². The van der Waals surface area contributed by atoms with E-state index in [1.165, 1.54) is 0 Å². The maximum absolute atomic E-state index is 11.3. The number of hydrogen-bond acceptors (Lipinski definition) is 4. The molecule has 6 nitrogen and oxygen atoms in total. The molecule has 1 aliphatic rings. The molecule has 0 aromatic carbocycles. The van der Waals surface area contributed by atoms with Gasteiger partial charge in [-0.05, 0) is 31.4 Å². The van der Waals surface area contributed by atoms with Crippen molar-refractivity contribution in [1.29, 1.82) is 0 Å². The molecule has 6 heteroatoms. The van der Waals surface area contributed by atoms with Gasteiger partial charge in [-0.1, -0.05) is 6.92 Å². The second kappa shape index (κ2) is 4.87. The molecule has 19 heavy (non-hydrogen) atoms. The monoisotopic (exact) mass is 263 g/mol. The van der Waals surface area contributed by atoms with Gasteiger partial charge in [0.1, 0.15) is 11.9 Å². The van der Waals surface area contributed by atoms with Crippen LogP contribution in [0.5, 0.6) is 0 Å². The Kier molecular flexibility index (Phi) is 3.42. The van der Waals surface area contributed by atoms with Crippen molar-refractivity contribution in [2.24, 2.45) is 11.7 Å². The quantitative estimate of drug-likeness (QED) is 0.840. The summed E-state index contributed by atoms with van der Waals surface area (Å²) in [5.41, 5.74) is 6.27. The van der Waals surface area contributed by atoms with Gasteiger partial charge in [-0.3, -0.25) is 4.79 Å². The number of carbonyl (C=O) groups is 2. The Morgan fingerprint density at radius 1 is 1.47 bits per heavy atom. The zero-order valence-corrected chi connectivity index (χ0v) is 11.0. The molecule has 2 rings (SSSR count). The van der Waals surface area contributed by atoms with Crippen molar-refractivity contribution in [3.63, 3.8) is 0 Å². The van der Waals surface area contributed by atoms with Crippen molar-refractivity contribution in [3.05, 3.63) is 23.4 Å². The van der Waals surface area contributed by atoms with Crippen LogP contribution in [-0.4, -0.2) is 34.6 Å². The average Bonchev–Trinajstić information content (AvgIpc) is 2.70. The highest BCUT2D eigenvalue weighted by Crippen LogP contribution is 2.29. The number of rotatable bonds is 3. The van der Waals surface area contributed by atoms with Crippen molar-refractivity contribution in [2.45, 2.75) is 26.3 Å². The molecule has 1 fully saturated rings. The topological polar surface area (TPSA) is 96.5 Å². The highest BCUT2D eigenvalue weighted by atomic mass is 16.4. The summed E-state index contributed by atoms with van der Waals surface area (Å²) in [7, 11) is 0. The normalized spacial score (nSPS) is 22.5. The van der Waals surface area contributed by atoms with Crippen molar-refractivity contribution >= 4 is 17.7 Å². The summed E-state index contributed by atoms with van der Waals surface area (Å²) in [6, 6.07) is 2.56. The van der Waals surface area contributed by atoms with Crippen LogP contribution >= 0.6 is 0 Å². The van der Waals surface area contributed by atoms with Gasteiger partial charge in [0, 0.05) is 17.8 Å². The number of hydrogen-bond donors (Lipinski definition) is 2. The first-order chi connectivity index (χ1) is 8.90. The van der Waals surface area contributed by atoms with Crippen molar-refractivity contribution in [1.82, 2.24) is 4.98 Å². The highest BCUT2D eigenvalue weighted by molar-refractivity contribution is 5.93. The number of aliphatic carboxylic acids is 1. The van der Waals surface area contributed by atoms with Crippen LogP contribution in [0.15, 0.2) is 12.1 Å². The first-order valence-corrected chi connectivity index (χ1v) is 6.18. The van der Waals surface area contributed by atoms with Crippen molar-refractivity contribution in [2.75, 3.05) is 11.4 Å². The lowest BCUT2D eigenvalue weighted by Gasteiger charge is -2.25. The third kappa shape index (κ3) is 2.52. The zero-order valence-electron chi connectivity index (χ0n) is 11.0. The summed E-state index contributed by atoms with van der Waals surface area (Å²) < 4.78 is 0. The summed E-state index contributed by atoms with van der Waals surface area (Å²) in [5.74, 6) is -0.845. The van der Waals surface area contributed by atoms with E-state index in [9.17, 15) is 14.7 Å². The average molecular weight is 263 g/mol. The minimum Gasteiger partial charge on any atom is -0.480 e. The minimum absolute atomic E-state index is 0.0526. The summed E-state index contributed by atoms with van der Waals surface area (Å²) in [6.07, 6.45) is 0.790. The molecular weight excluding hydrogens is 246 g/mol. The number of carboxylic acid groups (broad SMARTS) is 1. The fourth-order valence-corrected chi connectivity index (χ4v) is 2.52. The van der Waals surface area contributed by atoms with Crippen LogP contribution < -0.4 is 10.6 Å². The molecule has 0 radical (unpaired) electrons. The lowest BCUT2D eigenvalue weighted by Crippen LogP contribution is -2.39. The summed E-state index contributed by atoms with van der Waals surface area (Å²) in [4.78, 5) is 28.6. The molecular formula is C13H17N3O3. The van der Waals surface area contributed by atoms with Gasteiger partial charge in [-0.25, -0.2) is 9.78 Å². The van der Waals surface area contributed by atoms with E-state index in [-0.39, 0.29) is 5.92 Å². The van der Waals surface area contributed by atoms with Gasteiger partial charge >= 0.3 is 5.97 Å². The van der Waals surface area contributed by atoms with E-state index in [0.717, 1.165) is 6.42 Å². The number of primary amides is 1. The lowest BCUT2D eigenvalue weighted by molar-refractivity contribution is -0.139. The molecule has 2 heterocycles. The Labute approximate surface area is 111 Å². The number of aromatic nitrogens is 1. The maximum Gasteiger partial charge on any atom is 0.326 e. The maximum atomic E-state index is 11.3. The molecule has 0 saturated carbocycles. The SMILES string of the molecule is Cc1cc(C(N)=O)cc(N2CCC(C)C2C(=O)O)n1. The van der Waals surface area contributed by atoms with Gasteiger partial charge in [-0.2, -0.15) is 0 Å². The van der Waals surface area contributed by atoms with Crippen LogP contribution in [0.1, 0.15) is 29.4 Å². The fourth-order valence-electron chi connectivity index (χ4n) is 2.52. The number of carboxylic acids is 1. The van der Waals surface area contributed by atoms with Gasteiger partial charge in [0.15, 0.2) is 0 Å². The lowest BCUT2D eigenvalue weighted by atomic mass is 10.0. The molecule has 0 bridgehead atoms. The third-order valence-corrected chi connectivity index (χ3v) is 3.47. The second-order valence-electron chi connectivity index (χ2n) is 4.96. The number of carbonyl (C=O) groups excluding carboxylic acids is 1. The van der Waals surface area contributed by atoms with Gasteiger partial charge < -0.3 is 15.7 Å². The number of nitrogens with two attached hydrogens (primary N) is 1. The van der Waals surface area contributed by atoms with E-state index in [4.69, 9.17) is 5.73 Å². The molecule has 1 aromatic rings. The van der Waals surface area contributed by atoms with Crippen molar-refractivity contribution in [3.8, 4) is 0 Å². The van der Waals surface area contributed by atoms with Crippen LogP contribution in [0.25, 0.3) is 0 Å². The van der Waals surface area contributed by atoms with Gasteiger partial charge in [0.2, 0.25) is 5.91 Å². The molecule has 0 spiro atoms. The summed E-state index contributed by atoms with van der Waals surface area (Å²) in [5, 5.41) is 9.30. The first-order valence-electron chi connectivity index (χ1n) is 6.18. The minimum atomic E-state index is -0.867. The zero-order chi connectivity index (χ0) is 14.2. The van der Waals surface area contributed by atoms with E-state index < -0.39 is 17.9 Å². The number of amides is 1. The largest absolute Gasteiger partial charge is 0.480 e. The summed E-state index contributed by atoms with van der Waals surface area (Å²) in [6.45, 7) is 4.28. The number of anilines is 1. The van der Waals surface area contributed by atoms with E-state index in [1.54, 1.807) is 24.0 Å². The predicted molar refractivity (Wildman–Crippen MR) is 70.0 cm³/mol. The first kappa shape index (κ1) is 13.3. The highest BCUT2D eigenvalue weighted by Gasteiger charge is 2.37. The fraction of sp³-hybridized carbons (Fsp3) is 0.462. The Hall–Kier alpha value is -2.11. The molecule has 3 N–H and O–H groups in total. The van der Waals surface area contributed by atoms with Crippen LogP contribution in [0.2, 0.25) is 0 Å². The molecule has 102 valence electrons. The smallest absolute Gasteiger partial charge is 0.326 e. The van der Waals surface area contributed by atoms with E-state index in [1.807, 2.05) is 6.92 Å². The van der Waals surface area contributed by atoms with Gasteiger partial charge in [0.25, 0.3) is 0 Å².